The molecule has 7 nitrogen and oxygen atoms in total. The summed E-state index contributed by atoms with van der Waals surface area (Å²) >= 11 is 0. The van der Waals surface area contributed by atoms with Crippen LogP contribution in [0.3, 0.4) is 0 Å². The average molecular weight is 302 g/mol. The number of esters is 1. The Kier molecular flexibility index (Phi) is 14.2. The molecule has 0 amide bonds. The van der Waals surface area contributed by atoms with E-state index in [1.165, 1.54) is 27.7 Å². The van der Waals surface area contributed by atoms with Gasteiger partial charge in [-0.3, -0.25) is 0 Å². The molecule has 21 heavy (non-hydrogen) atoms. The number of carbonyl (C=O) groups excluding carboxylic acids is 1. The molecule has 7 heteroatoms. The molecule has 0 saturated heterocycles. The second-order valence-corrected chi connectivity index (χ2v) is 3.96. The summed E-state index contributed by atoms with van der Waals surface area (Å²) in [4.78, 5) is 29.7. The Morgan fingerprint density at radius 2 is 1.10 bits per heavy atom. The van der Waals surface area contributed by atoms with Crippen molar-refractivity contribution in [2.24, 2.45) is 0 Å². The van der Waals surface area contributed by atoms with Crippen molar-refractivity contribution in [3.05, 3.63) is 36.5 Å². The monoisotopic (exact) mass is 302 g/mol. The van der Waals surface area contributed by atoms with Crippen LogP contribution >= 0.6 is 0 Å². The van der Waals surface area contributed by atoms with Crippen LogP contribution in [0.4, 0.5) is 0 Å². The lowest BCUT2D eigenvalue weighted by Crippen LogP contribution is -2.13. The maximum atomic E-state index is 10.5. The predicted molar refractivity (Wildman–Crippen MR) is 77.5 cm³/mol. The Morgan fingerprint density at radius 1 is 0.857 bits per heavy atom. The van der Waals surface area contributed by atoms with E-state index in [4.69, 9.17) is 15.3 Å². The molecule has 0 saturated carbocycles. The Morgan fingerprint density at radius 3 is 1.14 bits per heavy atom. The third-order valence-corrected chi connectivity index (χ3v) is 1.36. The molecule has 0 radical (unpaired) electrons. The maximum absolute atomic E-state index is 10.5. The van der Waals surface area contributed by atoms with Gasteiger partial charge in [-0.15, -0.1) is 0 Å². The minimum Gasteiger partial charge on any atom is -0.478 e. The highest BCUT2D eigenvalue weighted by Gasteiger charge is 2.04. The molecule has 1 atom stereocenters. The number of hydrogen-bond acceptors (Lipinski definition) is 5. The molecule has 0 aromatic heterocycles. The number of carboxylic acids is 2. The summed E-state index contributed by atoms with van der Waals surface area (Å²) in [6.45, 7) is 15.4. The van der Waals surface area contributed by atoms with Gasteiger partial charge >= 0.3 is 17.9 Å². The normalized spacial score (nSPS) is 9.57. The van der Waals surface area contributed by atoms with Gasteiger partial charge in [-0.05, 0) is 27.7 Å². The fraction of sp³-hybridized carbons (Fsp3) is 0.357. The summed E-state index contributed by atoms with van der Waals surface area (Å²) in [6, 6.07) is 0. The summed E-state index contributed by atoms with van der Waals surface area (Å²) in [5.74, 6) is -2.44. The van der Waals surface area contributed by atoms with Gasteiger partial charge in [-0.1, -0.05) is 19.7 Å². The molecule has 120 valence electrons. The lowest BCUT2D eigenvalue weighted by atomic mass is 10.4. The first-order valence-electron chi connectivity index (χ1n) is 5.65. The van der Waals surface area contributed by atoms with Crippen molar-refractivity contribution < 1.29 is 34.4 Å². The molecule has 0 rings (SSSR count). The maximum Gasteiger partial charge on any atom is 0.335 e. The van der Waals surface area contributed by atoms with Gasteiger partial charge in [-0.25, -0.2) is 14.4 Å². The number of ether oxygens (including phenoxy) is 1. The molecule has 0 aliphatic heterocycles. The van der Waals surface area contributed by atoms with Crippen LogP contribution in [0.1, 0.15) is 27.7 Å². The lowest BCUT2D eigenvalue weighted by molar-refractivity contribution is -0.159. The summed E-state index contributed by atoms with van der Waals surface area (Å²) < 4.78 is 4.33. The zero-order valence-electron chi connectivity index (χ0n) is 12.7. The first-order valence-corrected chi connectivity index (χ1v) is 5.65. The lowest BCUT2D eigenvalue weighted by Gasteiger charge is -2.04. The van der Waals surface area contributed by atoms with E-state index < -0.39 is 24.2 Å². The summed E-state index contributed by atoms with van der Waals surface area (Å²) in [7, 11) is 0. The number of rotatable bonds is 4. The van der Waals surface area contributed by atoms with Crippen LogP contribution in [0.5, 0.6) is 0 Å². The molecule has 3 N–H and O–H groups in total. The third-order valence-electron chi connectivity index (χ3n) is 1.36. The Balaban J connectivity index is -0.000000240. The van der Waals surface area contributed by atoms with Crippen molar-refractivity contribution in [3.8, 4) is 0 Å². The van der Waals surface area contributed by atoms with Crippen LogP contribution in [0.2, 0.25) is 0 Å². The molecule has 0 spiro atoms. The molecular weight excluding hydrogens is 280 g/mol. The number of aliphatic hydroxyl groups excluding tert-OH is 1. The molecule has 0 aromatic rings. The second kappa shape index (κ2) is 12.6. The molecule has 0 aliphatic carbocycles. The smallest absolute Gasteiger partial charge is 0.335 e. The van der Waals surface area contributed by atoms with Gasteiger partial charge < -0.3 is 20.1 Å². The van der Waals surface area contributed by atoms with Crippen LogP contribution < -0.4 is 0 Å². The standard InChI is InChI=1S/C6H10O3.2C4H6O2/c1-4(2)6(8)9-5(3)7;2*1-3(2)4(5)6/h5,7H,1H2,2-3H3;2*1H2,2H3,(H,5,6). The number of carbonyl (C=O) groups is 3. The number of aliphatic hydroxyl groups is 1. The summed E-state index contributed by atoms with van der Waals surface area (Å²) in [6.07, 6.45) is -1.05. The van der Waals surface area contributed by atoms with E-state index in [-0.39, 0.29) is 16.7 Å². The molecule has 0 heterocycles. The number of aliphatic carboxylic acids is 2. The Hall–Kier alpha value is -2.41. The second-order valence-electron chi connectivity index (χ2n) is 3.96. The van der Waals surface area contributed by atoms with E-state index in [1.54, 1.807) is 0 Å². The van der Waals surface area contributed by atoms with Gasteiger partial charge in [0.2, 0.25) is 0 Å². The minimum atomic E-state index is -1.05. The van der Waals surface area contributed by atoms with Crippen LogP contribution in [-0.4, -0.2) is 39.5 Å². The van der Waals surface area contributed by atoms with Gasteiger partial charge in [0.1, 0.15) is 0 Å². The first-order chi connectivity index (χ1) is 9.32. The SMILES string of the molecule is C=C(C)C(=O)O.C=C(C)C(=O)O.C=C(C)C(=O)OC(C)O. The fourth-order valence-corrected chi connectivity index (χ4v) is 0.255. The molecule has 0 bridgehead atoms. The molecule has 0 aromatic carbocycles. The highest BCUT2D eigenvalue weighted by atomic mass is 16.6. The van der Waals surface area contributed by atoms with Gasteiger partial charge in [0, 0.05) is 16.7 Å². The van der Waals surface area contributed by atoms with E-state index in [0.29, 0.717) is 0 Å². The van der Waals surface area contributed by atoms with Crippen LogP contribution in [0, 0.1) is 0 Å². The van der Waals surface area contributed by atoms with Gasteiger partial charge in [-0.2, -0.15) is 0 Å². The van der Waals surface area contributed by atoms with Crippen molar-refractivity contribution in [2.75, 3.05) is 0 Å². The van der Waals surface area contributed by atoms with Crippen molar-refractivity contribution in [2.45, 2.75) is 34.0 Å². The van der Waals surface area contributed by atoms with Crippen molar-refractivity contribution in [3.63, 3.8) is 0 Å². The highest BCUT2D eigenvalue weighted by Crippen LogP contribution is 1.94. The predicted octanol–water partition coefficient (Wildman–Crippen LogP) is 1.74. The zero-order chi connectivity index (χ0) is 17.7. The van der Waals surface area contributed by atoms with Crippen LogP contribution in [-0.2, 0) is 19.1 Å². The van der Waals surface area contributed by atoms with Gasteiger partial charge in [0.15, 0.2) is 6.29 Å². The zero-order valence-corrected chi connectivity index (χ0v) is 12.7. The first kappa shape index (κ1) is 23.7. The van der Waals surface area contributed by atoms with Crippen molar-refractivity contribution in [1.82, 2.24) is 0 Å². The Bertz CT molecular complexity index is 371. The van der Waals surface area contributed by atoms with Crippen LogP contribution in [0.15, 0.2) is 36.5 Å². The van der Waals surface area contributed by atoms with E-state index in [1.807, 2.05) is 0 Å². The van der Waals surface area contributed by atoms with Crippen molar-refractivity contribution >= 4 is 17.9 Å². The molecule has 1 unspecified atom stereocenters. The van der Waals surface area contributed by atoms with Crippen LogP contribution in [0.25, 0.3) is 0 Å². The topological polar surface area (TPSA) is 121 Å². The summed E-state index contributed by atoms with van der Waals surface area (Å²) in [5.41, 5.74) is 0.640. The van der Waals surface area contributed by atoms with E-state index in [9.17, 15) is 14.4 Å². The van der Waals surface area contributed by atoms with Gasteiger partial charge in [0.05, 0.1) is 0 Å². The number of hydrogen-bond donors (Lipinski definition) is 3. The highest BCUT2D eigenvalue weighted by molar-refractivity contribution is 5.87. The van der Waals surface area contributed by atoms with Crippen molar-refractivity contribution in [1.29, 1.82) is 0 Å². The largest absolute Gasteiger partial charge is 0.478 e. The molecule has 0 aliphatic rings. The molecular formula is C14H22O7. The van der Waals surface area contributed by atoms with E-state index in [2.05, 4.69) is 24.5 Å². The molecule has 0 fully saturated rings. The minimum absolute atomic E-state index is 0.176. The average Bonchev–Trinajstić information content (AvgIpc) is 2.29. The summed E-state index contributed by atoms with van der Waals surface area (Å²) in [5, 5.41) is 24.3. The Labute approximate surface area is 123 Å². The number of carboxylic acid groups (broad SMARTS) is 2. The van der Waals surface area contributed by atoms with Gasteiger partial charge in [0.25, 0.3) is 0 Å². The van der Waals surface area contributed by atoms with E-state index >= 15 is 0 Å². The quantitative estimate of drug-likeness (QED) is 0.411. The third kappa shape index (κ3) is 23.1. The fourth-order valence-electron chi connectivity index (χ4n) is 0.255. The van der Waals surface area contributed by atoms with E-state index in [0.717, 1.165) is 0 Å².